The number of nitrogens with zero attached hydrogens (tertiary/aromatic N) is 2. The second-order valence-corrected chi connectivity index (χ2v) is 7.49. The molecular formula is C18H16N4O2S2. The van der Waals surface area contributed by atoms with Gasteiger partial charge in [-0.3, -0.25) is 9.59 Å². The molecule has 8 heteroatoms. The fourth-order valence-electron chi connectivity index (χ4n) is 2.11. The van der Waals surface area contributed by atoms with E-state index in [4.69, 9.17) is 0 Å². The van der Waals surface area contributed by atoms with Crippen LogP contribution in [0.3, 0.4) is 0 Å². The summed E-state index contributed by atoms with van der Waals surface area (Å²) in [4.78, 5) is 23.9. The van der Waals surface area contributed by atoms with Crippen LogP contribution in [0.4, 0.5) is 10.8 Å². The highest BCUT2D eigenvalue weighted by Gasteiger charge is 2.11. The molecule has 3 rings (SSSR count). The van der Waals surface area contributed by atoms with Crippen LogP contribution in [-0.2, 0) is 16.0 Å². The maximum Gasteiger partial charge on any atom is 0.234 e. The zero-order valence-electron chi connectivity index (χ0n) is 13.7. The Morgan fingerprint density at radius 2 is 1.58 bits per heavy atom. The zero-order chi connectivity index (χ0) is 18.2. The molecule has 0 atom stereocenters. The number of aromatic nitrogens is 2. The van der Waals surface area contributed by atoms with E-state index in [2.05, 4.69) is 20.8 Å². The van der Waals surface area contributed by atoms with Crippen LogP contribution in [0, 0.1) is 0 Å². The number of amides is 2. The lowest BCUT2D eigenvalue weighted by Crippen LogP contribution is -2.14. The molecular weight excluding hydrogens is 368 g/mol. The first-order valence-electron chi connectivity index (χ1n) is 7.84. The van der Waals surface area contributed by atoms with Gasteiger partial charge in [-0.25, -0.2) is 0 Å². The van der Waals surface area contributed by atoms with Gasteiger partial charge < -0.3 is 10.6 Å². The minimum atomic E-state index is -0.147. The van der Waals surface area contributed by atoms with E-state index in [-0.39, 0.29) is 24.0 Å². The van der Waals surface area contributed by atoms with Crippen LogP contribution in [0.25, 0.3) is 0 Å². The Balaban J connectivity index is 1.45. The van der Waals surface area contributed by atoms with E-state index in [1.54, 1.807) is 0 Å². The first-order valence-corrected chi connectivity index (χ1v) is 9.64. The monoisotopic (exact) mass is 384 g/mol. The molecule has 1 aromatic heterocycles. The lowest BCUT2D eigenvalue weighted by atomic mass is 10.1. The Labute approximate surface area is 159 Å². The molecule has 0 saturated heterocycles. The number of benzene rings is 2. The van der Waals surface area contributed by atoms with Gasteiger partial charge in [0, 0.05) is 5.69 Å². The number of nitrogens with one attached hydrogen (secondary N) is 2. The molecule has 0 spiro atoms. The van der Waals surface area contributed by atoms with Crippen molar-refractivity contribution in [2.75, 3.05) is 16.4 Å². The molecule has 26 heavy (non-hydrogen) atoms. The third-order valence-corrected chi connectivity index (χ3v) is 5.22. The first kappa shape index (κ1) is 18.1. The fourth-order valence-corrected chi connectivity index (χ4v) is 3.68. The molecule has 0 unspecified atom stereocenters. The molecule has 0 bridgehead atoms. The maximum absolute atomic E-state index is 12.0. The van der Waals surface area contributed by atoms with Gasteiger partial charge >= 0.3 is 0 Å². The van der Waals surface area contributed by atoms with E-state index >= 15 is 0 Å². The van der Waals surface area contributed by atoms with Crippen LogP contribution in [0.5, 0.6) is 0 Å². The second kappa shape index (κ2) is 9.12. The number of hydrogen-bond acceptors (Lipinski definition) is 6. The summed E-state index contributed by atoms with van der Waals surface area (Å²) in [6, 6.07) is 18.7. The number of carbonyl (C=O) groups is 2. The Kier molecular flexibility index (Phi) is 6.34. The van der Waals surface area contributed by atoms with E-state index in [9.17, 15) is 9.59 Å². The van der Waals surface area contributed by atoms with Gasteiger partial charge in [0.2, 0.25) is 16.9 Å². The summed E-state index contributed by atoms with van der Waals surface area (Å²) >= 11 is 2.53. The Morgan fingerprint density at radius 1 is 0.885 bits per heavy atom. The van der Waals surface area contributed by atoms with Crippen LogP contribution in [0.15, 0.2) is 65.0 Å². The van der Waals surface area contributed by atoms with Gasteiger partial charge in [0.1, 0.15) is 0 Å². The van der Waals surface area contributed by atoms with E-state index in [1.807, 2.05) is 60.7 Å². The third kappa shape index (κ3) is 5.68. The second-order valence-electron chi connectivity index (χ2n) is 5.29. The van der Waals surface area contributed by atoms with Crippen LogP contribution < -0.4 is 10.6 Å². The van der Waals surface area contributed by atoms with Crippen molar-refractivity contribution in [2.45, 2.75) is 10.8 Å². The molecule has 0 saturated carbocycles. The molecule has 0 aliphatic carbocycles. The largest absolute Gasteiger partial charge is 0.325 e. The van der Waals surface area contributed by atoms with Crippen molar-refractivity contribution in [3.05, 3.63) is 66.2 Å². The summed E-state index contributed by atoms with van der Waals surface area (Å²) in [6.07, 6.45) is 0.280. The quantitative estimate of drug-likeness (QED) is 0.481. The molecule has 0 aliphatic heterocycles. The van der Waals surface area contributed by atoms with Gasteiger partial charge in [0.05, 0.1) is 12.2 Å². The summed E-state index contributed by atoms with van der Waals surface area (Å²) in [5.74, 6) is -0.0432. The Hall–Kier alpha value is -2.71. The van der Waals surface area contributed by atoms with Crippen molar-refractivity contribution in [3.8, 4) is 0 Å². The predicted octanol–water partition coefficient (Wildman–Crippen LogP) is 3.45. The summed E-state index contributed by atoms with van der Waals surface area (Å²) in [5.41, 5.74) is 1.69. The highest BCUT2D eigenvalue weighted by molar-refractivity contribution is 8.01. The number of thioether (sulfide) groups is 1. The molecule has 6 nitrogen and oxygen atoms in total. The number of hydrogen-bond donors (Lipinski definition) is 2. The molecule has 3 aromatic rings. The lowest BCUT2D eigenvalue weighted by Gasteiger charge is -2.03. The number of rotatable bonds is 7. The Bertz CT molecular complexity index is 869. The van der Waals surface area contributed by atoms with Gasteiger partial charge in [-0.05, 0) is 17.7 Å². The average Bonchev–Trinajstić information content (AvgIpc) is 3.09. The number of carbonyl (C=O) groups excluding carboxylic acids is 2. The topological polar surface area (TPSA) is 84.0 Å². The third-order valence-electron chi connectivity index (χ3n) is 3.24. The smallest absolute Gasteiger partial charge is 0.234 e. The summed E-state index contributed by atoms with van der Waals surface area (Å²) < 4.78 is 0.628. The minimum absolute atomic E-state index is 0.119. The number of para-hydroxylation sites is 1. The zero-order valence-corrected chi connectivity index (χ0v) is 15.3. The van der Waals surface area contributed by atoms with E-state index in [0.29, 0.717) is 9.47 Å². The van der Waals surface area contributed by atoms with Gasteiger partial charge in [-0.2, -0.15) is 0 Å². The van der Waals surface area contributed by atoms with Crippen LogP contribution in [0.2, 0.25) is 0 Å². The van der Waals surface area contributed by atoms with Crippen molar-refractivity contribution < 1.29 is 9.59 Å². The molecule has 1 heterocycles. The lowest BCUT2D eigenvalue weighted by molar-refractivity contribution is -0.115. The van der Waals surface area contributed by atoms with Crippen LogP contribution in [-0.4, -0.2) is 27.8 Å². The first-order chi connectivity index (χ1) is 12.7. The van der Waals surface area contributed by atoms with Crippen LogP contribution >= 0.6 is 23.1 Å². The van der Waals surface area contributed by atoms with E-state index < -0.39 is 0 Å². The molecule has 2 aromatic carbocycles. The summed E-state index contributed by atoms with van der Waals surface area (Å²) in [5, 5.41) is 13.9. The SMILES string of the molecule is O=C(CSc1nnc(NC(=O)Cc2ccccc2)s1)Nc1ccccc1. The number of anilines is 2. The van der Waals surface area contributed by atoms with E-state index in [1.165, 1.54) is 23.1 Å². The molecule has 0 radical (unpaired) electrons. The summed E-state index contributed by atoms with van der Waals surface area (Å²) in [7, 11) is 0. The van der Waals surface area contributed by atoms with Gasteiger partial charge in [-0.15, -0.1) is 10.2 Å². The minimum Gasteiger partial charge on any atom is -0.325 e. The van der Waals surface area contributed by atoms with Crippen molar-refractivity contribution in [3.63, 3.8) is 0 Å². The van der Waals surface area contributed by atoms with Crippen LogP contribution in [0.1, 0.15) is 5.56 Å². The molecule has 0 aliphatic rings. The molecule has 132 valence electrons. The van der Waals surface area contributed by atoms with Crippen molar-refractivity contribution in [1.29, 1.82) is 0 Å². The molecule has 0 fully saturated rings. The normalized spacial score (nSPS) is 10.3. The maximum atomic E-state index is 12.0. The average molecular weight is 384 g/mol. The van der Waals surface area contributed by atoms with Crippen molar-refractivity contribution in [1.82, 2.24) is 10.2 Å². The molecule has 2 amide bonds. The van der Waals surface area contributed by atoms with Gasteiger partial charge in [-0.1, -0.05) is 71.6 Å². The predicted molar refractivity (Wildman–Crippen MR) is 104 cm³/mol. The molecule has 2 N–H and O–H groups in total. The van der Waals surface area contributed by atoms with Gasteiger partial charge in [0.25, 0.3) is 0 Å². The van der Waals surface area contributed by atoms with Gasteiger partial charge in [0.15, 0.2) is 4.34 Å². The van der Waals surface area contributed by atoms with Crippen molar-refractivity contribution >= 4 is 45.7 Å². The Morgan fingerprint density at radius 3 is 2.31 bits per heavy atom. The summed E-state index contributed by atoms with van der Waals surface area (Å²) in [6.45, 7) is 0. The highest BCUT2D eigenvalue weighted by atomic mass is 32.2. The standard InChI is InChI=1S/C18H16N4O2S2/c23-15(11-13-7-3-1-4-8-13)20-17-21-22-18(26-17)25-12-16(24)19-14-9-5-2-6-10-14/h1-10H,11-12H2,(H,19,24)(H,20,21,23). The highest BCUT2D eigenvalue weighted by Crippen LogP contribution is 2.25. The van der Waals surface area contributed by atoms with Crippen molar-refractivity contribution in [2.24, 2.45) is 0 Å². The van der Waals surface area contributed by atoms with E-state index in [0.717, 1.165) is 11.3 Å². The fraction of sp³-hybridized carbons (Fsp3) is 0.111.